The maximum atomic E-state index is 6.24. The van der Waals surface area contributed by atoms with Gasteiger partial charge in [0.1, 0.15) is 11.5 Å². The van der Waals surface area contributed by atoms with E-state index in [1.807, 2.05) is 60.7 Å². The van der Waals surface area contributed by atoms with Crippen molar-refractivity contribution in [2.24, 2.45) is 0 Å². The molecule has 192 valence electrons. The summed E-state index contributed by atoms with van der Waals surface area (Å²) in [5.41, 5.74) is 8.85. The van der Waals surface area contributed by atoms with Gasteiger partial charge < -0.3 is 18.4 Å². The second-order valence-corrected chi connectivity index (χ2v) is 9.34. The third-order valence-corrected chi connectivity index (χ3v) is 7.02. The monoisotopic (exact) mass is 696 g/mol. The van der Waals surface area contributed by atoms with E-state index in [1.165, 1.54) is 0 Å². The quantitative estimate of drug-likeness (QED) is 0.173. The fraction of sp³-hybridized carbons (Fsp3) is 0. The predicted octanol–water partition coefficient (Wildman–Crippen LogP) is 8.51. The first-order valence-corrected chi connectivity index (χ1v) is 12.7. The van der Waals surface area contributed by atoms with Crippen molar-refractivity contribution < 1.29 is 29.9 Å². The van der Waals surface area contributed by atoms with Gasteiger partial charge in [-0.3, -0.25) is 4.98 Å². The zero-order chi connectivity index (χ0) is 25.8. The van der Waals surface area contributed by atoms with Crippen LogP contribution in [0.2, 0.25) is 0 Å². The summed E-state index contributed by atoms with van der Waals surface area (Å²) in [6, 6.07) is 39.6. The van der Waals surface area contributed by atoms with Gasteiger partial charge in [0.05, 0.1) is 18.0 Å². The number of para-hydroxylation sites is 3. The summed E-state index contributed by atoms with van der Waals surface area (Å²) >= 11 is 0. The van der Waals surface area contributed by atoms with Gasteiger partial charge in [0.2, 0.25) is 0 Å². The molecule has 0 saturated heterocycles. The molecule has 4 aromatic carbocycles. The van der Waals surface area contributed by atoms with Crippen molar-refractivity contribution in [3.8, 4) is 39.5 Å². The smallest absolute Gasteiger partial charge is 0.481 e. The van der Waals surface area contributed by atoms with Crippen molar-refractivity contribution in [1.29, 1.82) is 0 Å². The van der Waals surface area contributed by atoms with Gasteiger partial charge >= 0.3 is 21.1 Å². The number of aromatic nitrogens is 3. The van der Waals surface area contributed by atoms with E-state index in [1.54, 1.807) is 18.7 Å². The number of hydrogen-bond acceptors (Lipinski definition) is 4. The van der Waals surface area contributed by atoms with Crippen molar-refractivity contribution in [3.63, 3.8) is 0 Å². The third kappa shape index (κ3) is 3.90. The number of fused-ring (bicyclic) bond motifs is 4. The van der Waals surface area contributed by atoms with Crippen LogP contribution in [0.4, 0.5) is 0 Å². The summed E-state index contributed by atoms with van der Waals surface area (Å²) in [6.45, 7) is 0. The van der Waals surface area contributed by atoms with Gasteiger partial charge in [-0.25, -0.2) is 0 Å². The Labute approximate surface area is 244 Å². The molecule has 0 unspecified atom stereocenters. The summed E-state index contributed by atoms with van der Waals surface area (Å²) in [5.74, 6) is 0.511. The van der Waals surface area contributed by atoms with E-state index >= 15 is 0 Å². The molecule has 8 aromatic rings. The Balaban J connectivity index is 0.00000264. The molecule has 6 heteroatoms. The van der Waals surface area contributed by atoms with Crippen LogP contribution in [0.5, 0.6) is 0 Å². The molecule has 40 heavy (non-hydrogen) atoms. The molecule has 0 atom stereocenters. The summed E-state index contributed by atoms with van der Waals surface area (Å²) in [6.07, 6.45) is 5.22. The first-order chi connectivity index (χ1) is 19.3. The van der Waals surface area contributed by atoms with E-state index < -0.39 is 0 Å². The van der Waals surface area contributed by atoms with Crippen LogP contribution in [0.15, 0.2) is 125 Å². The topological polar surface area (TPSA) is 57.0 Å². The van der Waals surface area contributed by atoms with Crippen LogP contribution < -0.4 is 0 Å². The van der Waals surface area contributed by atoms with Crippen LogP contribution in [0, 0.1) is 12.1 Å². The molecule has 0 aliphatic rings. The van der Waals surface area contributed by atoms with Gasteiger partial charge in [0.15, 0.2) is 0 Å². The van der Waals surface area contributed by atoms with Crippen LogP contribution in [0.3, 0.4) is 0 Å². The van der Waals surface area contributed by atoms with Crippen molar-refractivity contribution in [1.82, 2.24) is 14.5 Å². The molecule has 4 aromatic heterocycles. The first-order valence-electron chi connectivity index (χ1n) is 12.7. The number of rotatable bonds is 4. The van der Waals surface area contributed by atoms with E-state index in [2.05, 4.69) is 58.1 Å². The summed E-state index contributed by atoms with van der Waals surface area (Å²) in [4.78, 5) is 9.35. The summed E-state index contributed by atoms with van der Waals surface area (Å²) in [5, 5.41) is 2.19. The fourth-order valence-corrected chi connectivity index (χ4v) is 5.24. The standard InChI is InChI=1S/C34H19N3O2.Pt/c1-3-13-31-25(10-1)27-19-26(23-15-17-38-21-23)28(34-36-30-12-2-4-14-33(30)39-34)20-32(27)37(31)24-9-7-8-22(18-24)29-11-5-6-16-35-29;/h1-17,19,21H;/q-2;+2. The Morgan fingerprint density at radius 3 is 2.50 bits per heavy atom. The number of oxazole rings is 1. The molecule has 0 amide bonds. The Bertz CT molecular complexity index is 2090. The molecular formula is C34H19N3O2Pt. The Hall–Kier alpha value is -4.73. The van der Waals surface area contributed by atoms with E-state index in [4.69, 9.17) is 13.8 Å². The number of benzene rings is 4. The number of nitrogens with zero attached hydrogens (tertiary/aromatic N) is 3. The largest absolute Gasteiger partial charge is 2.00 e. The van der Waals surface area contributed by atoms with Gasteiger partial charge in [-0.05, 0) is 58.2 Å². The van der Waals surface area contributed by atoms with Crippen molar-refractivity contribution in [2.45, 2.75) is 0 Å². The first kappa shape index (κ1) is 24.3. The minimum absolute atomic E-state index is 0. The zero-order valence-corrected chi connectivity index (χ0v) is 23.2. The van der Waals surface area contributed by atoms with E-state index in [0.29, 0.717) is 5.89 Å². The molecule has 0 radical (unpaired) electrons. The van der Waals surface area contributed by atoms with E-state index in [0.717, 1.165) is 66.5 Å². The molecule has 8 rings (SSSR count). The van der Waals surface area contributed by atoms with E-state index in [9.17, 15) is 0 Å². The van der Waals surface area contributed by atoms with Gasteiger partial charge in [-0.15, -0.1) is 42.0 Å². The molecule has 4 heterocycles. The summed E-state index contributed by atoms with van der Waals surface area (Å²) < 4.78 is 13.9. The van der Waals surface area contributed by atoms with Gasteiger partial charge in [0, 0.05) is 11.7 Å². The van der Waals surface area contributed by atoms with Crippen LogP contribution in [-0.2, 0) is 21.1 Å². The molecule has 0 aliphatic carbocycles. The molecular weight excluding hydrogens is 677 g/mol. The second-order valence-electron chi connectivity index (χ2n) is 9.34. The van der Waals surface area contributed by atoms with Crippen LogP contribution in [-0.4, -0.2) is 14.5 Å². The average Bonchev–Trinajstić information content (AvgIpc) is 3.75. The number of hydrogen-bond donors (Lipinski definition) is 0. The molecule has 0 saturated carbocycles. The molecule has 5 nitrogen and oxygen atoms in total. The Kier molecular flexibility index (Phi) is 5.95. The van der Waals surface area contributed by atoms with Crippen LogP contribution in [0.25, 0.3) is 72.4 Å². The second kappa shape index (κ2) is 9.78. The molecule has 0 fully saturated rings. The zero-order valence-electron chi connectivity index (χ0n) is 20.9. The van der Waals surface area contributed by atoms with Crippen molar-refractivity contribution in [2.75, 3.05) is 0 Å². The maximum absolute atomic E-state index is 6.24. The summed E-state index contributed by atoms with van der Waals surface area (Å²) in [7, 11) is 0. The van der Waals surface area contributed by atoms with E-state index in [-0.39, 0.29) is 21.1 Å². The van der Waals surface area contributed by atoms with Gasteiger partial charge in [0.25, 0.3) is 0 Å². The minimum Gasteiger partial charge on any atom is -0.481 e. The van der Waals surface area contributed by atoms with Gasteiger partial charge in [-0.2, -0.15) is 0 Å². The van der Waals surface area contributed by atoms with Crippen molar-refractivity contribution >= 4 is 32.9 Å². The Morgan fingerprint density at radius 1 is 0.775 bits per heavy atom. The maximum Gasteiger partial charge on any atom is 2.00 e. The van der Waals surface area contributed by atoms with Crippen molar-refractivity contribution in [3.05, 3.63) is 128 Å². The number of pyridine rings is 1. The minimum atomic E-state index is 0. The SMILES string of the molecule is [Pt+2].[c-]1c(-c2ccccn2)cccc1-n1c2[c-]c(-c3nc4ccccc4o3)c(-c3ccoc3)cc2c2ccccc21. The molecule has 0 bridgehead atoms. The molecule has 0 aliphatic heterocycles. The average molecular weight is 697 g/mol. The van der Waals surface area contributed by atoms with Gasteiger partial charge in [-0.1, -0.05) is 59.0 Å². The number of furan rings is 1. The van der Waals surface area contributed by atoms with Crippen LogP contribution >= 0.6 is 0 Å². The normalized spacial score (nSPS) is 11.3. The molecule has 0 spiro atoms. The third-order valence-electron chi connectivity index (χ3n) is 7.02. The fourth-order valence-electron chi connectivity index (χ4n) is 5.24. The Morgan fingerprint density at radius 2 is 1.65 bits per heavy atom. The predicted molar refractivity (Wildman–Crippen MR) is 152 cm³/mol. The van der Waals surface area contributed by atoms with Crippen LogP contribution in [0.1, 0.15) is 0 Å². The molecule has 0 N–H and O–H groups in total.